The molecule has 0 N–H and O–H groups in total. The minimum absolute atomic E-state index is 0.151. The second kappa shape index (κ2) is 7.32. The molecule has 0 radical (unpaired) electrons. The summed E-state index contributed by atoms with van der Waals surface area (Å²) in [5, 5.41) is 1.46. The second-order valence-corrected chi connectivity index (χ2v) is 9.90. The largest absolute Gasteiger partial charge is 0.366 e. The van der Waals surface area contributed by atoms with Gasteiger partial charge in [0.25, 0.3) is 0 Å². The van der Waals surface area contributed by atoms with E-state index in [0.717, 1.165) is 6.42 Å². The van der Waals surface area contributed by atoms with Gasteiger partial charge >= 0.3 is 0 Å². The van der Waals surface area contributed by atoms with Gasteiger partial charge in [-0.1, -0.05) is 67.8 Å². The summed E-state index contributed by atoms with van der Waals surface area (Å²) in [4.78, 5) is 0. The van der Waals surface area contributed by atoms with Crippen molar-refractivity contribution in [1.82, 2.24) is 4.57 Å². The van der Waals surface area contributed by atoms with E-state index in [1.54, 1.807) is 5.56 Å². The summed E-state index contributed by atoms with van der Waals surface area (Å²) < 4.78 is 9.35. The third-order valence-corrected chi connectivity index (χ3v) is 6.74. The van der Waals surface area contributed by atoms with Crippen molar-refractivity contribution < 1.29 is 4.74 Å². The molecule has 3 aromatic rings. The molecule has 152 valence electrons. The highest BCUT2D eigenvalue weighted by Crippen LogP contribution is 2.51. The molecule has 0 bridgehead atoms. The number of para-hydroxylation sites is 1. The van der Waals surface area contributed by atoms with Crippen LogP contribution < -0.4 is 0 Å². The van der Waals surface area contributed by atoms with Gasteiger partial charge in [0.05, 0.1) is 17.3 Å². The monoisotopic (exact) mass is 387 g/mol. The van der Waals surface area contributed by atoms with Crippen molar-refractivity contribution in [2.45, 2.75) is 83.0 Å². The normalized spacial score (nSPS) is 22.9. The zero-order valence-corrected chi connectivity index (χ0v) is 18.0. The number of ether oxygens (including phenoxy) is 1. The predicted octanol–water partition coefficient (Wildman–Crippen LogP) is 7.54. The Kier molecular flexibility index (Phi) is 4.78. The second-order valence-electron chi connectivity index (χ2n) is 9.90. The van der Waals surface area contributed by atoms with Crippen LogP contribution in [0.15, 0.2) is 54.6 Å². The van der Waals surface area contributed by atoms with E-state index >= 15 is 0 Å². The molecule has 2 heterocycles. The third kappa shape index (κ3) is 3.42. The molecular formula is C27H33NO. The van der Waals surface area contributed by atoms with E-state index in [0.29, 0.717) is 12.0 Å². The van der Waals surface area contributed by atoms with Crippen LogP contribution in [-0.4, -0.2) is 10.2 Å². The van der Waals surface area contributed by atoms with E-state index < -0.39 is 0 Å². The lowest BCUT2D eigenvalue weighted by Gasteiger charge is -2.28. The zero-order valence-electron chi connectivity index (χ0n) is 18.0. The van der Waals surface area contributed by atoms with Crippen molar-refractivity contribution in [3.8, 4) is 0 Å². The maximum Gasteiger partial charge on any atom is 0.101 e. The molecule has 2 aliphatic rings. The van der Waals surface area contributed by atoms with Crippen molar-refractivity contribution in [3.63, 3.8) is 0 Å². The summed E-state index contributed by atoms with van der Waals surface area (Å²) in [5.41, 5.74) is 5.68. The van der Waals surface area contributed by atoms with Gasteiger partial charge in [0.15, 0.2) is 0 Å². The lowest BCUT2D eigenvalue weighted by Crippen LogP contribution is -2.22. The molecule has 1 aromatic heterocycles. The summed E-state index contributed by atoms with van der Waals surface area (Å²) in [6.07, 6.45) is 7.93. The summed E-state index contributed by atoms with van der Waals surface area (Å²) >= 11 is 0. The maximum absolute atomic E-state index is 6.72. The topological polar surface area (TPSA) is 14.2 Å². The van der Waals surface area contributed by atoms with Crippen LogP contribution in [0.3, 0.4) is 0 Å². The van der Waals surface area contributed by atoms with Crippen LogP contribution in [0.25, 0.3) is 10.9 Å². The molecule has 1 aliphatic heterocycles. The van der Waals surface area contributed by atoms with Gasteiger partial charge in [-0.05, 0) is 56.7 Å². The Bertz CT molecular complexity index is 989. The molecule has 2 atom stereocenters. The lowest BCUT2D eigenvalue weighted by atomic mass is 9.82. The van der Waals surface area contributed by atoms with Gasteiger partial charge in [0, 0.05) is 17.3 Å². The van der Waals surface area contributed by atoms with Crippen molar-refractivity contribution >= 4 is 10.9 Å². The average Bonchev–Trinajstić information content (AvgIpc) is 3.24. The smallest absolute Gasteiger partial charge is 0.101 e. The van der Waals surface area contributed by atoms with Crippen LogP contribution in [0.2, 0.25) is 0 Å². The Balaban J connectivity index is 1.73. The molecule has 2 heteroatoms. The predicted molar refractivity (Wildman–Crippen MR) is 121 cm³/mol. The molecule has 0 amide bonds. The van der Waals surface area contributed by atoms with E-state index in [9.17, 15) is 0 Å². The highest BCUT2D eigenvalue weighted by Gasteiger charge is 2.40. The first kappa shape index (κ1) is 18.9. The fraction of sp³-hybridized carbons (Fsp3) is 0.481. The summed E-state index contributed by atoms with van der Waals surface area (Å²) in [5.74, 6) is 0.672. The SMILES string of the molecule is CC(C)(C)O[C@@H]1C[C@H](c2ccccc2)n2c1c(C1CCCCC1)c1ccccc12. The minimum atomic E-state index is -0.151. The van der Waals surface area contributed by atoms with Crippen LogP contribution in [0.5, 0.6) is 0 Å². The fourth-order valence-electron chi connectivity index (χ4n) is 5.70. The standard InChI is InChI=1S/C27H33NO/c1-27(2,3)29-24-18-23(19-12-6-4-7-13-19)28-22-17-11-10-16-21(22)25(26(24)28)20-14-8-5-9-15-20/h4,6-7,10-13,16-17,20,23-24H,5,8-9,14-15,18H2,1-3H3/t23-,24-/m1/s1. The van der Waals surface area contributed by atoms with Crippen LogP contribution in [-0.2, 0) is 4.74 Å². The Labute approximate surface area is 174 Å². The lowest BCUT2D eigenvalue weighted by molar-refractivity contribution is -0.0620. The first-order chi connectivity index (χ1) is 14.0. The summed E-state index contributed by atoms with van der Waals surface area (Å²) in [6, 6.07) is 20.4. The van der Waals surface area contributed by atoms with Crippen molar-refractivity contribution in [2.24, 2.45) is 0 Å². The Morgan fingerprint density at radius 3 is 2.28 bits per heavy atom. The summed E-state index contributed by atoms with van der Waals surface area (Å²) in [6.45, 7) is 6.57. The van der Waals surface area contributed by atoms with Gasteiger partial charge in [0.1, 0.15) is 6.10 Å². The molecule has 1 saturated carbocycles. The van der Waals surface area contributed by atoms with Gasteiger partial charge in [0.2, 0.25) is 0 Å². The Morgan fingerprint density at radius 1 is 0.862 bits per heavy atom. The highest BCUT2D eigenvalue weighted by molar-refractivity contribution is 5.87. The van der Waals surface area contributed by atoms with E-state index in [2.05, 4.69) is 79.9 Å². The van der Waals surface area contributed by atoms with Crippen LogP contribution in [0.4, 0.5) is 0 Å². The van der Waals surface area contributed by atoms with Gasteiger partial charge in [-0.3, -0.25) is 0 Å². The quantitative estimate of drug-likeness (QED) is 0.453. The molecule has 0 saturated heterocycles. The van der Waals surface area contributed by atoms with Crippen LogP contribution >= 0.6 is 0 Å². The fourth-order valence-corrected chi connectivity index (χ4v) is 5.70. The average molecular weight is 388 g/mol. The number of nitrogens with zero attached hydrogens (tertiary/aromatic N) is 1. The van der Waals surface area contributed by atoms with E-state index in [1.165, 1.54) is 54.3 Å². The van der Waals surface area contributed by atoms with E-state index in [1.807, 2.05) is 0 Å². The Morgan fingerprint density at radius 2 is 1.55 bits per heavy atom. The van der Waals surface area contributed by atoms with Gasteiger partial charge in [-0.2, -0.15) is 0 Å². The number of benzene rings is 2. The first-order valence-corrected chi connectivity index (χ1v) is 11.4. The van der Waals surface area contributed by atoms with E-state index in [4.69, 9.17) is 4.74 Å². The Hall–Kier alpha value is -2.06. The number of hydrogen-bond acceptors (Lipinski definition) is 1. The number of hydrogen-bond donors (Lipinski definition) is 0. The van der Waals surface area contributed by atoms with Gasteiger partial charge in [-0.15, -0.1) is 0 Å². The minimum Gasteiger partial charge on any atom is -0.366 e. The highest BCUT2D eigenvalue weighted by atomic mass is 16.5. The first-order valence-electron chi connectivity index (χ1n) is 11.4. The molecule has 0 unspecified atom stereocenters. The molecule has 1 fully saturated rings. The number of rotatable bonds is 3. The zero-order chi connectivity index (χ0) is 20.0. The van der Waals surface area contributed by atoms with Crippen LogP contribution in [0.1, 0.15) is 94.2 Å². The summed E-state index contributed by atoms with van der Waals surface area (Å²) in [7, 11) is 0. The molecule has 1 aliphatic carbocycles. The molecule has 2 nitrogen and oxygen atoms in total. The van der Waals surface area contributed by atoms with Crippen molar-refractivity contribution in [2.75, 3.05) is 0 Å². The third-order valence-electron chi connectivity index (χ3n) is 6.74. The molecule has 5 rings (SSSR count). The molecule has 29 heavy (non-hydrogen) atoms. The maximum atomic E-state index is 6.72. The van der Waals surface area contributed by atoms with Gasteiger partial charge in [-0.25, -0.2) is 0 Å². The van der Waals surface area contributed by atoms with Crippen molar-refractivity contribution in [3.05, 3.63) is 71.4 Å². The van der Waals surface area contributed by atoms with Crippen molar-refractivity contribution in [1.29, 1.82) is 0 Å². The number of fused-ring (bicyclic) bond motifs is 3. The van der Waals surface area contributed by atoms with Gasteiger partial charge < -0.3 is 9.30 Å². The van der Waals surface area contributed by atoms with E-state index in [-0.39, 0.29) is 11.7 Å². The molecule has 0 spiro atoms. The molecular weight excluding hydrogens is 354 g/mol. The van der Waals surface area contributed by atoms with Crippen LogP contribution in [0, 0.1) is 0 Å². The molecule has 2 aromatic carbocycles. The number of aromatic nitrogens is 1.